The Hall–Kier alpha value is -1.85. The summed E-state index contributed by atoms with van der Waals surface area (Å²) in [7, 11) is 1.78. The van der Waals surface area contributed by atoms with Crippen molar-refractivity contribution in [3.8, 4) is 0 Å². The molecule has 1 fully saturated rings. The smallest absolute Gasteiger partial charge is 0.326 e. The minimum atomic E-state index is -0.924. The van der Waals surface area contributed by atoms with Crippen LogP contribution in [0.5, 0.6) is 0 Å². The monoisotopic (exact) mass is 265 g/mol. The lowest BCUT2D eigenvalue weighted by Gasteiger charge is -2.33. The van der Waals surface area contributed by atoms with Gasteiger partial charge in [0.25, 0.3) is 5.91 Å². The average Bonchev–Trinajstić information content (AvgIpc) is 2.62. The Kier molecular flexibility index (Phi) is 3.59. The van der Waals surface area contributed by atoms with Crippen LogP contribution in [0.4, 0.5) is 0 Å². The second-order valence-electron chi connectivity index (χ2n) is 5.02. The molecule has 6 heteroatoms. The van der Waals surface area contributed by atoms with E-state index in [2.05, 4.69) is 5.10 Å². The summed E-state index contributed by atoms with van der Waals surface area (Å²) >= 11 is 0. The van der Waals surface area contributed by atoms with Crippen LogP contribution in [0.25, 0.3) is 0 Å². The van der Waals surface area contributed by atoms with Crippen molar-refractivity contribution in [3.05, 3.63) is 17.0 Å². The van der Waals surface area contributed by atoms with E-state index in [9.17, 15) is 14.7 Å². The maximum atomic E-state index is 12.6. The highest BCUT2D eigenvalue weighted by Crippen LogP contribution is 2.22. The van der Waals surface area contributed by atoms with E-state index in [1.54, 1.807) is 18.7 Å². The van der Waals surface area contributed by atoms with Crippen LogP contribution in [0.3, 0.4) is 0 Å². The quantitative estimate of drug-likeness (QED) is 0.869. The fourth-order valence-electron chi connectivity index (χ4n) is 2.66. The molecule has 0 aromatic carbocycles. The second kappa shape index (κ2) is 5.03. The van der Waals surface area contributed by atoms with Crippen molar-refractivity contribution < 1.29 is 14.7 Å². The van der Waals surface area contributed by atoms with Crippen LogP contribution in [-0.4, -0.2) is 44.3 Å². The Bertz CT molecular complexity index is 521. The first-order valence-electron chi connectivity index (χ1n) is 6.47. The third-order valence-electron chi connectivity index (χ3n) is 3.77. The summed E-state index contributed by atoms with van der Waals surface area (Å²) in [5, 5.41) is 13.5. The van der Waals surface area contributed by atoms with Gasteiger partial charge < -0.3 is 10.0 Å². The summed E-state index contributed by atoms with van der Waals surface area (Å²) in [5.74, 6) is -1.14. The molecular formula is C13H19N3O3. The highest BCUT2D eigenvalue weighted by Gasteiger charge is 2.34. The van der Waals surface area contributed by atoms with Crippen LogP contribution >= 0.6 is 0 Å². The number of carboxylic acids is 1. The number of hydrogen-bond donors (Lipinski definition) is 1. The van der Waals surface area contributed by atoms with Crippen LogP contribution < -0.4 is 0 Å². The van der Waals surface area contributed by atoms with Crippen molar-refractivity contribution in [1.29, 1.82) is 0 Å². The number of amides is 1. The molecular weight excluding hydrogens is 246 g/mol. The van der Waals surface area contributed by atoms with Gasteiger partial charge in [0.2, 0.25) is 0 Å². The van der Waals surface area contributed by atoms with E-state index in [0.29, 0.717) is 24.2 Å². The number of nitrogens with zero attached hydrogens (tertiary/aromatic N) is 3. The fraction of sp³-hybridized carbons (Fsp3) is 0.615. The molecule has 0 aliphatic carbocycles. The molecule has 1 saturated heterocycles. The molecule has 104 valence electrons. The van der Waals surface area contributed by atoms with Gasteiger partial charge in [-0.15, -0.1) is 0 Å². The van der Waals surface area contributed by atoms with Crippen LogP contribution in [0.15, 0.2) is 0 Å². The summed E-state index contributed by atoms with van der Waals surface area (Å²) in [4.78, 5) is 25.3. The second-order valence-corrected chi connectivity index (χ2v) is 5.02. The van der Waals surface area contributed by atoms with Crippen molar-refractivity contribution in [2.24, 2.45) is 7.05 Å². The highest BCUT2D eigenvalue weighted by molar-refractivity contribution is 5.98. The van der Waals surface area contributed by atoms with E-state index in [1.807, 2.05) is 6.92 Å². The lowest BCUT2D eigenvalue weighted by Crippen LogP contribution is -2.48. The van der Waals surface area contributed by atoms with Gasteiger partial charge in [-0.05, 0) is 33.1 Å². The zero-order valence-electron chi connectivity index (χ0n) is 11.5. The Labute approximate surface area is 112 Å². The van der Waals surface area contributed by atoms with Crippen LogP contribution in [0.1, 0.15) is 41.0 Å². The molecule has 1 N–H and O–H groups in total. The zero-order chi connectivity index (χ0) is 14.2. The molecule has 19 heavy (non-hydrogen) atoms. The maximum absolute atomic E-state index is 12.6. The van der Waals surface area contributed by atoms with Crippen molar-refractivity contribution in [3.63, 3.8) is 0 Å². The van der Waals surface area contributed by atoms with Gasteiger partial charge in [0.15, 0.2) is 0 Å². The zero-order valence-corrected chi connectivity index (χ0v) is 11.5. The van der Waals surface area contributed by atoms with E-state index in [-0.39, 0.29) is 5.91 Å². The molecule has 1 aliphatic rings. The molecule has 1 aromatic rings. The number of carboxylic acid groups (broad SMARTS) is 1. The van der Waals surface area contributed by atoms with Gasteiger partial charge in [-0.25, -0.2) is 4.79 Å². The molecule has 0 bridgehead atoms. The minimum Gasteiger partial charge on any atom is -0.480 e. The summed E-state index contributed by atoms with van der Waals surface area (Å²) in [6.45, 7) is 4.11. The van der Waals surface area contributed by atoms with E-state index >= 15 is 0 Å². The third-order valence-corrected chi connectivity index (χ3v) is 3.77. The number of carbonyl (C=O) groups excluding carboxylic acids is 1. The molecule has 0 saturated carbocycles. The van der Waals surface area contributed by atoms with Gasteiger partial charge in [0.1, 0.15) is 6.04 Å². The van der Waals surface area contributed by atoms with Gasteiger partial charge in [-0.3, -0.25) is 9.48 Å². The van der Waals surface area contributed by atoms with Crippen LogP contribution in [0.2, 0.25) is 0 Å². The molecule has 6 nitrogen and oxygen atoms in total. The largest absolute Gasteiger partial charge is 0.480 e. The number of piperidine rings is 1. The number of likely N-dealkylation sites (tertiary alicyclic amines) is 1. The van der Waals surface area contributed by atoms with Gasteiger partial charge in [0.05, 0.1) is 11.3 Å². The van der Waals surface area contributed by atoms with E-state index in [1.165, 1.54) is 4.90 Å². The fourth-order valence-corrected chi connectivity index (χ4v) is 2.66. The van der Waals surface area contributed by atoms with E-state index in [4.69, 9.17) is 0 Å². The number of aromatic nitrogens is 2. The predicted molar refractivity (Wildman–Crippen MR) is 69.0 cm³/mol. The Morgan fingerprint density at radius 2 is 2.00 bits per heavy atom. The molecule has 1 aliphatic heterocycles. The van der Waals surface area contributed by atoms with Gasteiger partial charge >= 0.3 is 5.97 Å². The van der Waals surface area contributed by atoms with E-state index < -0.39 is 12.0 Å². The van der Waals surface area contributed by atoms with Crippen molar-refractivity contribution in [2.45, 2.75) is 39.2 Å². The number of hydrogen-bond acceptors (Lipinski definition) is 3. The van der Waals surface area contributed by atoms with Crippen molar-refractivity contribution in [2.75, 3.05) is 6.54 Å². The lowest BCUT2D eigenvalue weighted by molar-refractivity contribution is -0.143. The topological polar surface area (TPSA) is 75.4 Å². The minimum absolute atomic E-state index is 0.213. The van der Waals surface area contributed by atoms with Gasteiger partial charge in [-0.2, -0.15) is 5.10 Å². The first kappa shape index (κ1) is 13.6. The first-order chi connectivity index (χ1) is 8.93. The Balaban J connectivity index is 2.34. The summed E-state index contributed by atoms with van der Waals surface area (Å²) < 4.78 is 1.66. The normalized spacial score (nSPS) is 19.5. The van der Waals surface area contributed by atoms with Crippen LogP contribution in [0, 0.1) is 13.8 Å². The molecule has 1 unspecified atom stereocenters. The van der Waals surface area contributed by atoms with Crippen molar-refractivity contribution >= 4 is 11.9 Å². The van der Waals surface area contributed by atoms with Gasteiger partial charge in [0, 0.05) is 19.3 Å². The number of carbonyl (C=O) groups is 2. The number of rotatable bonds is 2. The molecule has 2 rings (SSSR count). The number of aliphatic carboxylic acids is 1. The Morgan fingerprint density at radius 1 is 1.32 bits per heavy atom. The lowest BCUT2D eigenvalue weighted by atomic mass is 10.0. The van der Waals surface area contributed by atoms with E-state index in [0.717, 1.165) is 18.5 Å². The maximum Gasteiger partial charge on any atom is 0.326 e. The summed E-state index contributed by atoms with van der Waals surface area (Å²) in [6.07, 6.45) is 2.24. The number of aryl methyl sites for hydroxylation is 2. The molecule has 1 aromatic heterocycles. The van der Waals surface area contributed by atoms with Crippen molar-refractivity contribution in [1.82, 2.24) is 14.7 Å². The molecule has 0 radical (unpaired) electrons. The molecule has 1 atom stereocenters. The highest BCUT2D eigenvalue weighted by atomic mass is 16.4. The summed E-state index contributed by atoms with van der Waals surface area (Å²) in [6, 6.07) is -0.708. The van der Waals surface area contributed by atoms with Crippen LogP contribution in [-0.2, 0) is 11.8 Å². The first-order valence-corrected chi connectivity index (χ1v) is 6.47. The SMILES string of the molecule is Cc1nn(C)c(C)c1C(=O)N1CCCCC1C(=O)O. The molecule has 2 heterocycles. The average molecular weight is 265 g/mol. The summed E-state index contributed by atoms with van der Waals surface area (Å²) in [5.41, 5.74) is 1.97. The Morgan fingerprint density at radius 3 is 2.53 bits per heavy atom. The predicted octanol–water partition coefficient (Wildman–Crippen LogP) is 1.12. The molecule has 1 amide bonds. The molecule has 0 spiro atoms. The standard InChI is InChI=1S/C13H19N3O3/c1-8-11(9(2)15(3)14-8)12(17)16-7-5-4-6-10(16)13(18)19/h10H,4-7H2,1-3H3,(H,18,19). The van der Waals surface area contributed by atoms with Gasteiger partial charge in [-0.1, -0.05) is 0 Å². The third kappa shape index (κ3) is 2.34.